The summed E-state index contributed by atoms with van der Waals surface area (Å²) >= 11 is 1.66. The molecule has 0 aromatic carbocycles. The van der Waals surface area contributed by atoms with Crippen LogP contribution in [0.2, 0.25) is 0 Å². The van der Waals surface area contributed by atoms with Crippen LogP contribution in [-0.4, -0.2) is 42.3 Å². The SMILES string of the molecule is CC(c1ccsc1)N(C)C1COCC1C(=O)O. The van der Waals surface area contributed by atoms with Crippen molar-refractivity contribution in [2.75, 3.05) is 20.3 Å². The molecule has 3 unspecified atom stereocenters. The van der Waals surface area contributed by atoms with Gasteiger partial charge in [0.15, 0.2) is 0 Å². The number of carbonyl (C=O) groups is 1. The van der Waals surface area contributed by atoms with E-state index in [1.165, 1.54) is 5.56 Å². The molecule has 94 valence electrons. The van der Waals surface area contributed by atoms with Crippen molar-refractivity contribution in [2.45, 2.75) is 19.0 Å². The highest BCUT2D eigenvalue weighted by atomic mass is 32.1. The third-order valence-electron chi connectivity index (χ3n) is 3.53. The van der Waals surface area contributed by atoms with Crippen LogP contribution in [-0.2, 0) is 9.53 Å². The van der Waals surface area contributed by atoms with Crippen LogP contribution < -0.4 is 0 Å². The number of nitrogens with zero attached hydrogens (tertiary/aromatic N) is 1. The lowest BCUT2D eigenvalue weighted by atomic mass is 10.00. The third-order valence-corrected chi connectivity index (χ3v) is 4.23. The number of aliphatic carboxylic acids is 1. The van der Waals surface area contributed by atoms with Crippen molar-refractivity contribution in [3.63, 3.8) is 0 Å². The van der Waals surface area contributed by atoms with Crippen molar-refractivity contribution in [1.82, 2.24) is 4.90 Å². The fourth-order valence-electron chi connectivity index (χ4n) is 2.22. The topological polar surface area (TPSA) is 49.8 Å². The minimum atomic E-state index is -0.767. The van der Waals surface area contributed by atoms with Crippen LogP contribution in [0.5, 0.6) is 0 Å². The smallest absolute Gasteiger partial charge is 0.310 e. The van der Waals surface area contributed by atoms with Crippen LogP contribution >= 0.6 is 11.3 Å². The molecule has 4 nitrogen and oxygen atoms in total. The summed E-state index contributed by atoms with van der Waals surface area (Å²) in [6, 6.07) is 2.26. The normalized spacial score (nSPS) is 26.3. The maximum absolute atomic E-state index is 11.1. The average molecular weight is 255 g/mol. The van der Waals surface area contributed by atoms with Gasteiger partial charge < -0.3 is 9.84 Å². The number of hydrogen-bond donors (Lipinski definition) is 1. The molecule has 0 amide bonds. The van der Waals surface area contributed by atoms with E-state index < -0.39 is 11.9 Å². The van der Waals surface area contributed by atoms with E-state index in [1.807, 2.05) is 12.4 Å². The summed E-state index contributed by atoms with van der Waals surface area (Å²) in [6.45, 7) is 2.92. The van der Waals surface area contributed by atoms with Crippen molar-refractivity contribution in [3.05, 3.63) is 22.4 Å². The Labute approximate surface area is 105 Å². The number of carboxylic acids is 1. The van der Waals surface area contributed by atoms with Gasteiger partial charge in [-0.05, 0) is 36.4 Å². The summed E-state index contributed by atoms with van der Waals surface area (Å²) in [4.78, 5) is 13.2. The number of ether oxygens (including phenoxy) is 1. The van der Waals surface area contributed by atoms with E-state index in [2.05, 4.69) is 23.3 Å². The number of thiophene rings is 1. The highest BCUT2D eigenvalue weighted by Gasteiger charge is 2.38. The van der Waals surface area contributed by atoms with Crippen LogP contribution in [0.3, 0.4) is 0 Å². The minimum Gasteiger partial charge on any atom is -0.481 e. The average Bonchev–Trinajstić information content (AvgIpc) is 2.97. The third kappa shape index (κ3) is 2.51. The Bertz CT molecular complexity index is 379. The number of rotatable bonds is 4. The Kier molecular flexibility index (Phi) is 3.81. The van der Waals surface area contributed by atoms with Crippen molar-refractivity contribution in [2.24, 2.45) is 5.92 Å². The Morgan fingerprint density at radius 1 is 1.65 bits per heavy atom. The van der Waals surface area contributed by atoms with Gasteiger partial charge in [-0.1, -0.05) is 0 Å². The lowest BCUT2D eigenvalue weighted by Gasteiger charge is -2.31. The maximum Gasteiger partial charge on any atom is 0.310 e. The highest BCUT2D eigenvalue weighted by Crippen LogP contribution is 2.28. The summed E-state index contributed by atoms with van der Waals surface area (Å²) in [7, 11) is 1.97. The van der Waals surface area contributed by atoms with Crippen LogP contribution in [0.4, 0.5) is 0 Å². The Morgan fingerprint density at radius 3 is 3.00 bits per heavy atom. The van der Waals surface area contributed by atoms with Gasteiger partial charge in [0.2, 0.25) is 0 Å². The standard InChI is InChI=1S/C12H17NO3S/c1-8(9-3-4-17-7-9)13(2)11-6-16-5-10(11)12(14)15/h3-4,7-8,10-11H,5-6H2,1-2H3,(H,14,15). The molecular formula is C12H17NO3S. The zero-order valence-corrected chi connectivity index (χ0v) is 10.8. The predicted molar refractivity (Wildman–Crippen MR) is 66.2 cm³/mol. The number of carboxylic acid groups (broad SMARTS) is 1. The molecule has 0 radical (unpaired) electrons. The summed E-state index contributed by atoms with van der Waals surface area (Å²) in [5, 5.41) is 13.3. The fourth-order valence-corrected chi connectivity index (χ4v) is 2.96. The molecule has 1 aliphatic heterocycles. The highest BCUT2D eigenvalue weighted by molar-refractivity contribution is 7.07. The monoisotopic (exact) mass is 255 g/mol. The van der Waals surface area contributed by atoms with E-state index in [4.69, 9.17) is 9.84 Å². The molecule has 1 aromatic heterocycles. The molecule has 5 heteroatoms. The number of likely N-dealkylation sites (N-methyl/N-ethyl adjacent to an activating group) is 1. The van der Waals surface area contributed by atoms with Crippen molar-refractivity contribution in [1.29, 1.82) is 0 Å². The molecular weight excluding hydrogens is 238 g/mol. The first-order valence-corrected chi connectivity index (χ1v) is 6.60. The minimum absolute atomic E-state index is 0.0394. The Morgan fingerprint density at radius 2 is 2.41 bits per heavy atom. The second kappa shape index (κ2) is 5.16. The number of hydrogen-bond acceptors (Lipinski definition) is 4. The quantitative estimate of drug-likeness (QED) is 0.892. The predicted octanol–water partition coefficient (Wildman–Crippen LogP) is 1.84. The largest absolute Gasteiger partial charge is 0.481 e. The van der Waals surface area contributed by atoms with Gasteiger partial charge in [-0.15, -0.1) is 0 Å². The summed E-state index contributed by atoms with van der Waals surface area (Å²) in [6.07, 6.45) is 0. The van der Waals surface area contributed by atoms with Gasteiger partial charge in [-0.2, -0.15) is 11.3 Å². The molecule has 0 bridgehead atoms. The molecule has 3 atom stereocenters. The first-order chi connectivity index (χ1) is 8.11. The zero-order chi connectivity index (χ0) is 12.4. The molecule has 1 N–H and O–H groups in total. The molecule has 1 saturated heterocycles. The molecule has 1 fully saturated rings. The fraction of sp³-hybridized carbons (Fsp3) is 0.583. The van der Waals surface area contributed by atoms with E-state index in [9.17, 15) is 4.79 Å². The van der Waals surface area contributed by atoms with Crippen LogP contribution in [0, 0.1) is 5.92 Å². The maximum atomic E-state index is 11.1. The van der Waals surface area contributed by atoms with Gasteiger partial charge in [-0.3, -0.25) is 9.69 Å². The molecule has 0 spiro atoms. The van der Waals surface area contributed by atoms with E-state index in [-0.39, 0.29) is 12.1 Å². The second-order valence-corrected chi connectivity index (χ2v) is 5.23. The summed E-state index contributed by atoms with van der Waals surface area (Å²) in [5.41, 5.74) is 1.23. The van der Waals surface area contributed by atoms with Gasteiger partial charge >= 0.3 is 5.97 Å². The molecule has 2 heterocycles. The molecule has 2 rings (SSSR count). The summed E-state index contributed by atoms with van der Waals surface area (Å²) < 4.78 is 5.30. The van der Waals surface area contributed by atoms with Gasteiger partial charge in [0.05, 0.1) is 19.1 Å². The zero-order valence-electron chi connectivity index (χ0n) is 10.00. The first kappa shape index (κ1) is 12.5. The molecule has 0 saturated carbocycles. The summed E-state index contributed by atoms with van der Waals surface area (Å²) in [5.74, 6) is -1.18. The van der Waals surface area contributed by atoms with E-state index in [0.717, 1.165) is 0 Å². The Balaban J connectivity index is 2.09. The van der Waals surface area contributed by atoms with Gasteiger partial charge in [0, 0.05) is 12.1 Å². The lowest BCUT2D eigenvalue weighted by molar-refractivity contribution is -0.143. The van der Waals surface area contributed by atoms with Gasteiger partial charge in [0.25, 0.3) is 0 Å². The first-order valence-electron chi connectivity index (χ1n) is 5.66. The van der Waals surface area contributed by atoms with E-state index >= 15 is 0 Å². The molecule has 17 heavy (non-hydrogen) atoms. The van der Waals surface area contributed by atoms with Crippen LogP contribution in [0.25, 0.3) is 0 Å². The van der Waals surface area contributed by atoms with Crippen LogP contribution in [0.1, 0.15) is 18.5 Å². The van der Waals surface area contributed by atoms with E-state index in [0.29, 0.717) is 13.2 Å². The van der Waals surface area contributed by atoms with Crippen LogP contribution in [0.15, 0.2) is 16.8 Å². The second-order valence-electron chi connectivity index (χ2n) is 4.45. The Hall–Kier alpha value is -0.910. The van der Waals surface area contributed by atoms with Gasteiger partial charge in [0.1, 0.15) is 0 Å². The molecule has 1 aliphatic rings. The van der Waals surface area contributed by atoms with Crippen molar-refractivity contribution >= 4 is 17.3 Å². The lowest BCUT2D eigenvalue weighted by Crippen LogP contribution is -2.41. The van der Waals surface area contributed by atoms with Crippen molar-refractivity contribution < 1.29 is 14.6 Å². The molecule has 1 aromatic rings. The van der Waals surface area contributed by atoms with E-state index in [1.54, 1.807) is 11.3 Å². The van der Waals surface area contributed by atoms with Gasteiger partial charge in [-0.25, -0.2) is 0 Å². The van der Waals surface area contributed by atoms with Crippen molar-refractivity contribution in [3.8, 4) is 0 Å². The molecule has 0 aliphatic carbocycles.